The first-order chi connectivity index (χ1) is 8.10. The van der Waals surface area contributed by atoms with E-state index in [-0.39, 0.29) is 0 Å². The fourth-order valence-electron chi connectivity index (χ4n) is 1.56. The number of hydrogen-bond donors (Lipinski definition) is 1. The Bertz CT molecular complexity index is 516. The quantitative estimate of drug-likeness (QED) is 0.866. The van der Waals surface area contributed by atoms with Crippen molar-refractivity contribution >= 4 is 28.2 Å². The molecule has 0 aliphatic rings. The number of aromatic nitrogens is 3. The van der Waals surface area contributed by atoms with E-state index in [4.69, 9.17) is 5.73 Å². The van der Waals surface area contributed by atoms with E-state index in [9.17, 15) is 0 Å². The van der Waals surface area contributed by atoms with Gasteiger partial charge in [0.2, 0.25) is 0 Å². The van der Waals surface area contributed by atoms with Gasteiger partial charge in [0.15, 0.2) is 5.13 Å². The topological polar surface area (TPSA) is 56.7 Å². The van der Waals surface area contributed by atoms with E-state index in [1.165, 1.54) is 9.90 Å². The number of nitrogens with zero attached hydrogens (tertiary/aromatic N) is 3. The van der Waals surface area contributed by atoms with Gasteiger partial charge in [-0.1, -0.05) is 18.3 Å². The van der Waals surface area contributed by atoms with Gasteiger partial charge in [-0.25, -0.2) is 4.98 Å². The van der Waals surface area contributed by atoms with Crippen LogP contribution in [0.2, 0.25) is 0 Å². The number of nitrogens with two attached hydrogens (primary N) is 1. The Morgan fingerprint density at radius 3 is 2.82 bits per heavy atom. The highest BCUT2D eigenvalue weighted by molar-refractivity contribution is 8.00. The van der Waals surface area contributed by atoms with Crippen LogP contribution in [0.4, 0.5) is 5.13 Å². The van der Waals surface area contributed by atoms with Crippen LogP contribution in [0, 0.1) is 6.92 Å². The van der Waals surface area contributed by atoms with Crippen molar-refractivity contribution in [1.82, 2.24) is 14.8 Å². The van der Waals surface area contributed by atoms with Gasteiger partial charge in [0.25, 0.3) is 0 Å². The van der Waals surface area contributed by atoms with Crippen LogP contribution in [-0.4, -0.2) is 14.8 Å². The number of rotatable bonds is 4. The molecule has 2 aromatic heterocycles. The molecule has 0 saturated heterocycles. The summed E-state index contributed by atoms with van der Waals surface area (Å²) in [5.74, 6) is 0.909. The minimum atomic E-state index is 0.643. The Hall–Kier alpha value is -1.01. The molecule has 0 aliphatic carbocycles. The minimum absolute atomic E-state index is 0.643. The maximum absolute atomic E-state index is 5.68. The molecule has 0 fully saturated rings. The molecular weight excluding hydrogens is 252 g/mol. The molecule has 0 bridgehead atoms. The zero-order chi connectivity index (χ0) is 12.4. The van der Waals surface area contributed by atoms with Crippen LogP contribution in [0.5, 0.6) is 0 Å². The smallest absolute Gasteiger partial charge is 0.181 e. The normalized spacial score (nSPS) is 11.0. The number of thioether (sulfide) groups is 1. The summed E-state index contributed by atoms with van der Waals surface area (Å²) in [4.78, 5) is 4.22. The number of thiazole rings is 1. The van der Waals surface area contributed by atoms with Crippen molar-refractivity contribution in [3.05, 3.63) is 23.1 Å². The Labute approximate surface area is 109 Å². The summed E-state index contributed by atoms with van der Waals surface area (Å²) >= 11 is 3.33. The highest BCUT2D eigenvalue weighted by Gasteiger charge is 2.09. The van der Waals surface area contributed by atoms with Crippen LogP contribution in [0.15, 0.2) is 10.3 Å². The minimum Gasteiger partial charge on any atom is -0.375 e. The van der Waals surface area contributed by atoms with Crippen LogP contribution in [-0.2, 0) is 19.2 Å². The van der Waals surface area contributed by atoms with E-state index in [0.29, 0.717) is 5.13 Å². The molecule has 0 atom stereocenters. The lowest BCUT2D eigenvalue weighted by Crippen LogP contribution is -1.96. The fourth-order valence-corrected chi connectivity index (χ4v) is 3.59. The van der Waals surface area contributed by atoms with Crippen molar-refractivity contribution in [1.29, 1.82) is 0 Å². The van der Waals surface area contributed by atoms with E-state index in [0.717, 1.165) is 23.6 Å². The van der Waals surface area contributed by atoms with Gasteiger partial charge in [0.1, 0.15) is 0 Å². The molecule has 2 N–H and O–H groups in total. The van der Waals surface area contributed by atoms with Gasteiger partial charge in [-0.3, -0.25) is 4.68 Å². The monoisotopic (exact) mass is 268 g/mol. The summed E-state index contributed by atoms with van der Waals surface area (Å²) in [7, 11) is 1.99. The van der Waals surface area contributed by atoms with Crippen LogP contribution in [0.25, 0.3) is 0 Å². The SMILES string of the molecule is CCc1cc(CSc2sc(N)nc2C)n(C)n1. The second-order valence-corrected chi connectivity index (χ2v) is 6.09. The van der Waals surface area contributed by atoms with Crippen LogP contribution < -0.4 is 5.73 Å². The van der Waals surface area contributed by atoms with Gasteiger partial charge in [0.05, 0.1) is 15.6 Å². The molecule has 6 heteroatoms. The first-order valence-corrected chi connectivity index (χ1v) is 7.28. The molecule has 0 saturated carbocycles. The second kappa shape index (κ2) is 5.10. The molecule has 0 spiro atoms. The van der Waals surface area contributed by atoms with Crippen molar-refractivity contribution in [3.8, 4) is 0 Å². The first-order valence-electron chi connectivity index (χ1n) is 5.47. The van der Waals surface area contributed by atoms with Crippen molar-refractivity contribution in [3.63, 3.8) is 0 Å². The zero-order valence-corrected chi connectivity index (χ0v) is 11.9. The lowest BCUT2D eigenvalue weighted by Gasteiger charge is -2.00. The zero-order valence-electron chi connectivity index (χ0n) is 10.2. The van der Waals surface area contributed by atoms with Crippen LogP contribution >= 0.6 is 23.1 Å². The average Bonchev–Trinajstić information content (AvgIpc) is 2.79. The highest BCUT2D eigenvalue weighted by Crippen LogP contribution is 2.32. The average molecular weight is 268 g/mol. The Balaban J connectivity index is 2.06. The van der Waals surface area contributed by atoms with E-state index < -0.39 is 0 Å². The number of nitrogen functional groups attached to an aromatic ring is 1. The standard InChI is InChI=1S/C11H16N4S2/c1-4-8-5-9(15(3)14-8)6-16-10-7(2)13-11(12)17-10/h5H,4,6H2,1-3H3,(H2,12,13). The molecule has 92 valence electrons. The molecule has 0 unspecified atom stereocenters. The third-order valence-electron chi connectivity index (χ3n) is 2.51. The summed E-state index contributed by atoms with van der Waals surface area (Å²) < 4.78 is 3.15. The van der Waals surface area contributed by atoms with Crippen molar-refractivity contribution < 1.29 is 0 Å². The predicted molar refractivity (Wildman–Crippen MR) is 73.4 cm³/mol. The second-order valence-electron chi connectivity index (χ2n) is 3.82. The molecule has 0 aromatic carbocycles. The van der Waals surface area contributed by atoms with Gasteiger partial charge in [-0.05, 0) is 19.4 Å². The van der Waals surface area contributed by atoms with E-state index in [1.54, 1.807) is 23.1 Å². The molecule has 0 amide bonds. The molecule has 2 heterocycles. The van der Waals surface area contributed by atoms with Gasteiger partial charge < -0.3 is 5.73 Å². The molecule has 2 rings (SSSR count). The molecule has 2 aromatic rings. The largest absolute Gasteiger partial charge is 0.375 e. The van der Waals surface area contributed by atoms with E-state index >= 15 is 0 Å². The summed E-state index contributed by atoms with van der Waals surface area (Å²) in [5.41, 5.74) is 9.08. The third-order valence-corrected chi connectivity index (χ3v) is 4.89. The third kappa shape index (κ3) is 2.81. The van der Waals surface area contributed by atoms with Crippen LogP contribution in [0.1, 0.15) is 24.0 Å². The van der Waals surface area contributed by atoms with Crippen molar-refractivity contribution in [2.45, 2.75) is 30.2 Å². The van der Waals surface area contributed by atoms with Gasteiger partial charge in [-0.2, -0.15) is 5.10 Å². The van der Waals surface area contributed by atoms with Gasteiger partial charge >= 0.3 is 0 Å². The lowest BCUT2D eigenvalue weighted by molar-refractivity contribution is 0.720. The molecular formula is C11H16N4S2. The van der Waals surface area contributed by atoms with Crippen LogP contribution in [0.3, 0.4) is 0 Å². The highest BCUT2D eigenvalue weighted by atomic mass is 32.2. The molecule has 0 radical (unpaired) electrons. The summed E-state index contributed by atoms with van der Waals surface area (Å²) in [6.45, 7) is 4.11. The van der Waals surface area contributed by atoms with Gasteiger partial charge in [-0.15, -0.1) is 11.8 Å². The Morgan fingerprint density at radius 1 is 1.53 bits per heavy atom. The maximum atomic E-state index is 5.68. The number of aryl methyl sites for hydroxylation is 3. The molecule has 0 aliphatic heterocycles. The predicted octanol–water partition coefficient (Wildman–Crippen LogP) is 2.62. The maximum Gasteiger partial charge on any atom is 0.181 e. The summed E-state index contributed by atoms with van der Waals surface area (Å²) in [6.07, 6.45) is 0.977. The lowest BCUT2D eigenvalue weighted by atomic mass is 10.3. The van der Waals surface area contributed by atoms with E-state index in [1.807, 2.05) is 18.7 Å². The van der Waals surface area contributed by atoms with E-state index in [2.05, 4.69) is 23.1 Å². The van der Waals surface area contributed by atoms with Gasteiger partial charge in [0, 0.05) is 18.5 Å². The van der Waals surface area contributed by atoms with Crippen molar-refractivity contribution in [2.75, 3.05) is 5.73 Å². The number of hydrogen-bond acceptors (Lipinski definition) is 5. The summed E-state index contributed by atoms with van der Waals surface area (Å²) in [6, 6.07) is 2.16. The summed E-state index contributed by atoms with van der Waals surface area (Å²) in [5, 5.41) is 5.08. The molecule has 17 heavy (non-hydrogen) atoms. The number of anilines is 1. The first kappa shape index (κ1) is 12.4. The fraction of sp³-hybridized carbons (Fsp3) is 0.455. The van der Waals surface area contributed by atoms with Crippen molar-refractivity contribution in [2.24, 2.45) is 7.05 Å². The molecule has 4 nitrogen and oxygen atoms in total. The Kier molecular flexibility index (Phi) is 3.73. The Morgan fingerprint density at radius 2 is 2.29 bits per heavy atom.